The minimum Gasteiger partial charge on any atom is -0.354 e. The Kier molecular flexibility index (Phi) is 7.98. The molecule has 1 aliphatic rings. The molecule has 7 heteroatoms. The van der Waals surface area contributed by atoms with E-state index in [4.69, 9.17) is 0 Å². The van der Waals surface area contributed by atoms with Gasteiger partial charge < -0.3 is 15.2 Å². The maximum Gasteiger partial charge on any atom is 0.191 e. The summed E-state index contributed by atoms with van der Waals surface area (Å²) in [5.41, 5.74) is 0. The molecule has 0 saturated heterocycles. The average molecular weight is 406 g/mol. The molecule has 0 bridgehead atoms. The first-order valence-corrected chi connectivity index (χ1v) is 7.62. The topological polar surface area (TPSA) is 67.1 Å². The van der Waals surface area contributed by atoms with Crippen LogP contribution in [0.15, 0.2) is 4.99 Å². The number of aliphatic imine (C=N–C) groups is 1. The lowest BCUT2D eigenvalue weighted by Gasteiger charge is -2.16. The maximum absolute atomic E-state index is 4.31. The molecule has 6 nitrogen and oxygen atoms in total. The lowest BCUT2D eigenvalue weighted by atomic mass is 10.2. The number of fused-ring (bicyclic) bond motifs is 1. The van der Waals surface area contributed by atoms with Crippen molar-refractivity contribution in [3.8, 4) is 0 Å². The Bertz CT molecular complexity index is 456. The van der Waals surface area contributed by atoms with Gasteiger partial charge in [0.15, 0.2) is 11.8 Å². The van der Waals surface area contributed by atoms with E-state index in [9.17, 15) is 0 Å². The number of aromatic nitrogens is 3. The first-order chi connectivity index (χ1) is 9.74. The molecule has 0 radical (unpaired) electrons. The molecular formula is C14H27IN6. The highest BCUT2D eigenvalue weighted by Gasteiger charge is 2.14. The van der Waals surface area contributed by atoms with Crippen LogP contribution in [0, 0.1) is 0 Å². The predicted molar refractivity (Wildman–Crippen MR) is 96.1 cm³/mol. The fourth-order valence-corrected chi connectivity index (χ4v) is 2.37. The Labute approximate surface area is 144 Å². The summed E-state index contributed by atoms with van der Waals surface area (Å²) in [5.74, 6) is 2.96. The van der Waals surface area contributed by atoms with E-state index in [-0.39, 0.29) is 24.0 Å². The highest BCUT2D eigenvalue weighted by atomic mass is 127. The summed E-state index contributed by atoms with van der Waals surface area (Å²) in [5, 5.41) is 15.3. The zero-order valence-electron chi connectivity index (χ0n) is 13.2. The Morgan fingerprint density at radius 1 is 1.33 bits per heavy atom. The van der Waals surface area contributed by atoms with Crippen molar-refractivity contribution in [3.63, 3.8) is 0 Å². The third kappa shape index (κ3) is 5.12. The van der Waals surface area contributed by atoms with E-state index in [2.05, 4.69) is 44.2 Å². The molecule has 120 valence electrons. The first kappa shape index (κ1) is 18.2. The Morgan fingerprint density at radius 2 is 2.14 bits per heavy atom. The molecule has 0 aliphatic carbocycles. The fraction of sp³-hybridized carbons (Fsp3) is 0.786. The van der Waals surface area contributed by atoms with Crippen LogP contribution in [-0.4, -0.2) is 33.8 Å². The van der Waals surface area contributed by atoms with Crippen molar-refractivity contribution >= 4 is 29.9 Å². The van der Waals surface area contributed by atoms with Gasteiger partial charge >= 0.3 is 0 Å². The SMILES string of the molecule is CCC(C)NC(=NC)NCc1nnc2n1CCCCC2.I. The Balaban J connectivity index is 0.00000220. The zero-order chi connectivity index (χ0) is 14.4. The van der Waals surface area contributed by atoms with Gasteiger partial charge in [-0.25, -0.2) is 0 Å². The molecule has 2 rings (SSSR count). The molecule has 0 fully saturated rings. The fourth-order valence-electron chi connectivity index (χ4n) is 2.37. The highest BCUT2D eigenvalue weighted by molar-refractivity contribution is 14.0. The van der Waals surface area contributed by atoms with Gasteiger partial charge in [0.05, 0.1) is 6.54 Å². The molecule has 1 aliphatic heterocycles. The van der Waals surface area contributed by atoms with Crippen molar-refractivity contribution in [1.82, 2.24) is 25.4 Å². The van der Waals surface area contributed by atoms with Crippen LogP contribution in [0.4, 0.5) is 0 Å². The zero-order valence-corrected chi connectivity index (χ0v) is 15.6. The van der Waals surface area contributed by atoms with Crippen molar-refractivity contribution < 1.29 is 0 Å². The molecule has 0 spiro atoms. The monoisotopic (exact) mass is 406 g/mol. The van der Waals surface area contributed by atoms with E-state index < -0.39 is 0 Å². The lowest BCUT2D eigenvalue weighted by molar-refractivity contribution is 0.588. The Hall–Kier alpha value is -0.860. The van der Waals surface area contributed by atoms with Crippen molar-refractivity contribution in [3.05, 3.63) is 11.6 Å². The second-order valence-corrected chi connectivity index (χ2v) is 5.37. The van der Waals surface area contributed by atoms with Crippen LogP contribution >= 0.6 is 24.0 Å². The minimum absolute atomic E-state index is 0. The van der Waals surface area contributed by atoms with E-state index in [0.717, 1.165) is 37.0 Å². The van der Waals surface area contributed by atoms with Gasteiger partial charge in [-0.1, -0.05) is 13.3 Å². The van der Waals surface area contributed by atoms with Gasteiger partial charge in [-0.3, -0.25) is 4.99 Å². The van der Waals surface area contributed by atoms with Gasteiger partial charge in [0, 0.05) is 26.1 Å². The van der Waals surface area contributed by atoms with Gasteiger partial charge in [-0.2, -0.15) is 0 Å². The largest absolute Gasteiger partial charge is 0.354 e. The lowest BCUT2D eigenvalue weighted by Crippen LogP contribution is -2.42. The van der Waals surface area contributed by atoms with E-state index in [1.807, 2.05) is 0 Å². The summed E-state index contributed by atoms with van der Waals surface area (Å²) in [4.78, 5) is 4.24. The summed E-state index contributed by atoms with van der Waals surface area (Å²) in [6.07, 6.45) is 5.85. The van der Waals surface area contributed by atoms with E-state index in [1.54, 1.807) is 7.05 Å². The smallest absolute Gasteiger partial charge is 0.191 e. The first-order valence-electron chi connectivity index (χ1n) is 7.62. The van der Waals surface area contributed by atoms with Gasteiger partial charge in [0.2, 0.25) is 0 Å². The summed E-state index contributed by atoms with van der Waals surface area (Å²) in [6, 6.07) is 0.414. The van der Waals surface area contributed by atoms with E-state index >= 15 is 0 Å². The van der Waals surface area contributed by atoms with Crippen LogP contribution in [0.1, 0.15) is 51.2 Å². The third-order valence-electron chi connectivity index (χ3n) is 3.82. The van der Waals surface area contributed by atoms with E-state index in [0.29, 0.717) is 12.6 Å². The maximum atomic E-state index is 4.31. The van der Waals surface area contributed by atoms with E-state index in [1.165, 1.54) is 19.3 Å². The third-order valence-corrected chi connectivity index (χ3v) is 3.82. The molecule has 21 heavy (non-hydrogen) atoms. The van der Waals surface area contributed by atoms with Crippen molar-refractivity contribution in [2.75, 3.05) is 7.05 Å². The van der Waals surface area contributed by atoms with Crippen LogP contribution in [0.5, 0.6) is 0 Å². The average Bonchev–Trinajstić information content (AvgIpc) is 2.70. The van der Waals surface area contributed by atoms with Crippen molar-refractivity contribution in [1.29, 1.82) is 0 Å². The van der Waals surface area contributed by atoms with Crippen LogP contribution in [0.3, 0.4) is 0 Å². The standard InChI is InChI=1S/C14H26N6.HI/c1-4-11(2)17-14(15-3)16-10-13-19-18-12-8-6-5-7-9-20(12)13;/h11H,4-10H2,1-3H3,(H2,15,16,17);1H. The second-order valence-electron chi connectivity index (χ2n) is 5.37. The number of hydrogen-bond acceptors (Lipinski definition) is 3. The molecule has 2 heterocycles. The quantitative estimate of drug-likeness (QED) is 0.457. The van der Waals surface area contributed by atoms with Gasteiger partial charge in [0.25, 0.3) is 0 Å². The Morgan fingerprint density at radius 3 is 2.86 bits per heavy atom. The normalized spacial score (nSPS) is 16.4. The van der Waals surface area contributed by atoms with Gasteiger partial charge in [-0.05, 0) is 26.2 Å². The minimum atomic E-state index is 0. The van der Waals surface area contributed by atoms with Gasteiger partial charge in [0.1, 0.15) is 5.82 Å². The number of guanidine groups is 1. The molecule has 0 aromatic carbocycles. The molecule has 2 N–H and O–H groups in total. The number of rotatable bonds is 4. The number of aryl methyl sites for hydroxylation is 1. The van der Waals surface area contributed by atoms with Crippen molar-refractivity contribution in [2.45, 2.75) is 65.1 Å². The molecule has 1 unspecified atom stereocenters. The highest BCUT2D eigenvalue weighted by Crippen LogP contribution is 2.14. The van der Waals surface area contributed by atoms with Crippen LogP contribution in [0.25, 0.3) is 0 Å². The van der Waals surface area contributed by atoms with Crippen LogP contribution in [-0.2, 0) is 19.5 Å². The molecule has 0 saturated carbocycles. The number of nitrogens with zero attached hydrogens (tertiary/aromatic N) is 4. The number of halogens is 1. The van der Waals surface area contributed by atoms with Crippen molar-refractivity contribution in [2.24, 2.45) is 4.99 Å². The molecule has 1 atom stereocenters. The summed E-state index contributed by atoms with van der Waals surface area (Å²) in [6.45, 7) is 6.01. The van der Waals surface area contributed by atoms with Crippen LogP contribution < -0.4 is 10.6 Å². The number of hydrogen-bond donors (Lipinski definition) is 2. The molecule has 0 amide bonds. The molecular weight excluding hydrogens is 379 g/mol. The predicted octanol–water partition coefficient (Wildman–Crippen LogP) is 2.09. The summed E-state index contributed by atoms with van der Waals surface area (Å²) >= 11 is 0. The second kappa shape index (κ2) is 9.22. The number of nitrogens with one attached hydrogen (secondary N) is 2. The summed E-state index contributed by atoms with van der Waals surface area (Å²) < 4.78 is 2.26. The molecule has 1 aromatic heterocycles. The summed E-state index contributed by atoms with van der Waals surface area (Å²) in [7, 11) is 1.79. The van der Waals surface area contributed by atoms with Crippen LogP contribution in [0.2, 0.25) is 0 Å². The van der Waals surface area contributed by atoms with Gasteiger partial charge in [-0.15, -0.1) is 34.2 Å². The molecule has 1 aromatic rings.